The zero-order valence-corrected chi connectivity index (χ0v) is 20.4. The summed E-state index contributed by atoms with van der Waals surface area (Å²) in [6.45, 7) is 2.35. The van der Waals surface area contributed by atoms with Crippen LogP contribution < -0.4 is 10.2 Å². The highest BCUT2D eigenvalue weighted by Gasteiger charge is 2.44. The molecule has 7 nitrogen and oxygen atoms in total. The number of rotatable bonds is 8. The normalized spacial score (nSPS) is 15.4. The van der Waals surface area contributed by atoms with Gasteiger partial charge in [-0.15, -0.1) is 11.3 Å². The molecule has 0 spiro atoms. The number of anilines is 2. The Morgan fingerprint density at radius 1 is 1.11 bits per heavy atom. The molecule has 1 aromatic heterocycles. The van der Waals surface area contributed by atoms with E-state index in [1.54, 1.807) is 36.1 Å². The molecular formula is C25H22FN3O4S2. The van der Waals surface area contributed by atoms with Gasteiger partial charge in [0.25, 0.3) is 5.91 Å². The first-order valence-corrected chi connectivity index (χ1v) is 12.2. The minimum absolute atomic E-state index is 0.140. The van der Waals surface area contributed by atoms with Crippen LogP contribution in [0.1, 0.15) is 28.6 Å². The molecule has 0 aliphatic carbocycles. The Bertz CT molecular complexity index is 1230. The van der Waals surface area contributed by atoms with Crippen LogP contribution in [0.25, 0.3) is 0 Å². The monoisotopic (exact) mass is 511 g/mol. The molecule has 1 aliphatic heterocycles. The first kappa shape index (κ1) is 24.5. The predicted molar refractivity (Wildman–Crippen MR) is 136 cm³/mol. The molecule has 3 aromatic rings. The van der Waals surface area contributed by atoms with Gasteiger partial charge in [-0.25, -0.2) is 9.18 Å². The van der Waals surface area contributed by atoms with Gasteiger partial charge in [0.2, 0.25) is 5.91 Å². The summed E-state index contributed by atoms with van der Waals surface area (Å²) in [6.07, 6.45) is -0.140. The molecule has 1 atom stereocenters. The fraction of sp³-hybridized carbons (Fsp3) is 0.200. The lowest BCUT2D eigenvalue weighted by molar-refractivity contribution is -0.124. The van der Waals surface area contributed by atoms with E-state index >= 15 is 0 Å². The molecule has 4 rings (SSSR count). The first-order valence-electron chi connectivity index (χ1n) is 10.9. The number of thiophene rings is 1. The highest BCUT2D eigenvalue weighted by Crippen LogP contribution is 2.30. The first-order chi connectivity index (χ1) is 16.9. The number of ether oxygens (including phenoxy) is 1. The van der Waals surface area contributed by atoms with Gasteiger partial charge in [0.05, 0.1) is 30.8 Å². The Kier molecular flexibility index (Phi) is 7.52. The molecule has 2 heterocycles. The summed E-state index contributed by atoms with van der Waals surface area (Å²) < 4.78 is 18.2. The molecule has 1 fully saturated rings. The summed E-state index contributed by atoms with van der Waals surface area (Å²) in [6, 6.07) is 14.8. The van der Waals surface area contributed by atoms with Gasteiger partial charge in [-0.2, -0.15) is 0 Å². The van der Waals surface area contributed by atoms with Gasteiger partial charge in [-0.05, 0) is 79.1 Å². The lowest BCUT2D eigenvalue weighted by Gasteiger charge is -2.23. The largest absolute Gasteiger partial charge is 0.462 e. The fourth-order valence-electron chi connectivity index (χ4n) is 3.70. The van der Waals surface area contributed by atoms with Crippen molar-refractivity contribution in [2.75, 3.05) is 16.8 Å². The standard InChI is InChI=1S/C25H22FN3O4S2/c1-2-33-24(32)16-5-11-19(12-6-16)29-23(31)21(28(25(29)34)15-20-4-3-13-35-20)14-22(30)27-18-9-7-17(26)8-10-18/h3-13,21H,2,14-15H2,1H3,(H,27,30)/t21-/m0/s1. The van der Waals surface area contributed by atoms with Crippen LogP contribution in [0.4, 0.5) is 15.8 Å². The second-order valence-electron chi connectivity index (χ2n) is 7.71. The summed E-state index contributed by atoms with van der Waals surface area (Å²) >= 11 is 7.19. The van der Waals surface area contributed by atoms with Gasteiger partial charge in [0.1, 0.15) is 11.9 Å². The second-order valence-corrected chi connectivity index (χ2v) is 9.10. The van der Waals surface area contributed by atoms with Crippen LogP contribution in [0.2, 0.25) is 0 Å². The summed E-state index contributed by atoms with van der Waals surface area (Å²) in [4.78, 5) is 42.3. The van der Waals surface area contributed by atoms with Crippen molar-refractivity contribution in [1.82, 2.24) is 4.90 Å². The number of nitrogens with zero attached hydrogens (tertiary/aromatic N) is 2. The topological polar surface area (TPSA) is 78.9 Å². The Balaban J connectivity index is 1.56. The number of hydrogen-bond donors (Lipinski definition) is 1. The average molecular weight is 512 g/mol. The summed E-state index contributed by atoms with van der Waals surface area (Å²) in [5.41, 5.74) is 1.28. The van der Waals surface area contributed by atoms with Crippen LogP contribution in [0.3, 0.4) is 0 Å². The van der Waals surface area contributed by atoms with E-state index in [9.17, 15) is 18.8 Å². The molecule has 1 saturated heterocycles. The van der Waals surface area contributed by atoms with Crippen molar-refractivity contribution in [2.24, 2.45) is 0 Å². The third kappa shape index (κ3) is 5.55. The number of amides is 2. The third-order valence-corrected chi connectivity index (χ3v) is 6.65. The quantitative estimate of drug-likeness (QED) is 0.352. The number of carbonyl (C=O) groups excluding carboxylic acids is 3. The number of esters is 1. The maximum Gasteiger partial charge on any atom is 0.338 e. The average Bonchev–Trinajstić information content (AvgIpc) is 3.43. The molecule has 10 heteroatoms. The molecule has 0 unspecified atom stereocenters. The Morgan fingerprint density at radius 2 is 1.83 bits per heavy atom. The van der Waals surface area contributed by atoms with Crippen molar-refractivity contribution in [3.8, 4) is 0 Å². The minimum atomic E-state index is -0.824. The van der Waals surface area contributed by atoms with Crippen molar-refractivity contribution >= 4 is 57.8 Å². The fourth-order valence-corrected chi connectivity index (χ4v) is 4.79. The van der Waals surface area contributed by atoms with E-state index in [0.717, 1.165) is 4.88 Å². The maximum absolute atomic E-state index is 13.5. The van der Waals surface area contributed by atoms with Crippen molar-refractivity contribution in [3.05, 3.63) is 82.3 Å². The van der Waals surface area contributed by atoms with Gasteiger partial charge in [0.15, 0.2) is 5.11 Å². The zero-order chi connectivity index (χ0) is 24.9. The Morgan fingerprint density at radius 3 is 2.46 bits per heavy atom. The van der Waals surface area contributed by atoms with Crippen LogP contribution in [-0.4, -0.2) is 40.4 Å². The molecule has 0 bridgehead atoms. The number of carbonyl (C=O) groups is 3. The van der Waals surface area contributed by atoms with Gasteiger partial charge in [-0.1, -0.05) is 6.07 Å². The molecule has 1 N–H and O–H groups in total. The SMILES string of the molecule is CCOC(=O)c1ccc(N2C(=O)[C@H](CC(=O)Nc3ccc(F)cc3)N(Cc3cccs3)C2=S)cc1. The molecule has 180 valence electrons. The van der Waals surface area contributed by atoms with E-state index in [1.165, 1.54) is 40.5 Å². The van der Waals surface area contributed by atoms with Crippen molar-refractivity contribution in [2.45, 2.75) is 25.9 Å². The van der Waals surface area contributed by atoms with Crippen molar-refractivity contribution < 1.29 is 23.5 Å². The molecule has 0 radical (unpaired) electrons. The number of halogens is 1. The van der Waals surface area contributed by atoms with E-state index < -0.39 is 23.7 Å². The van der Waals surface area contributed by atoms with Crippen LogP contribution >= 0.6 is 23.6 Å². The Hall–Kier alpha value is -3.63. The second kappa shape index (κ2) is 10.7. The van der Waals surface area contributed by atoms with Crippen LogP contribution in [-0.2, 0) is 20.9 Å². The number of hydrogen-bond acceptors (Lipinski definition) is 6. The summed E-state index contributed by atoms with van der Waals surface area (Å²) in [5, 5.41) is 4.90. The molecule has 1 aliphatic rings. The highest BCUT2D eigenvalue weighted by atomic mass is 32.1. The number of nitrogens with one attached hydrogen (secondary N) is 1. The minimum Gasteiger partial charge on any atom is -0.462 e. The van der Waals surface area contributed by atoms with Gasteiger partial charge >= 0.3 is 5.97 Å². The molecule has 2 amide bonds. The smallest absolute Gasteiger partial charge is 0.338 e. The van der Waals surface area contributed by atoms with E-state index in [1.807, 2.05) is 17.5 Å². The van der Waals surface area contributed by atoms with Crippen molar-refractivity contribution in [1.29, 1.82) is 0 Å². The van der Waals surface area contributed by atoms with E-state index in [0.29, 0.717) is 23.5 Å². The van der Waals surface area contributed by atoms with Gasteiger partial charge in [-0.3, -0.25) is 14.5 Å². The van der Waals surface area contributed by atoms with Crippen molar-refractivity contribution in [3.63, 3.8) is 0 Å². The van der Waals surface area contributed by atoms with Gasteiger partial charge < -0.3 is 15.0 Å². The van der Waals surface area contributed by atoms with Gasteiger partial charge in [0, 0.05) is 10.6 Å². The van der Waals surface area contributed by atoms with E-state index in [-0.39, 0.29) is 24.0 Å². The van der Waals surface area contributed by atoms with E-state index in [2.05, 4.69) is 5.32 Å². The Labute approximate surface area is 211 Å². The highest BCUT2D eigenvalue weighted by molar-refractivity contribution is 7.80. The summed E-state index contributed by atoms with van der Waals surface area (Å²) in [7, 11) is 0. The molecule has 0 saturated carbocycles. The lowest BCUT2D eigenvalue weighted by atomic mass is 10.1. The number of thiocarbonyl (C=S) groups is 1. The third-order valence-electron chi connectivity index (χ3n) is 5.37. The predicted octanol–water partition coefficient (Wildman–Crippen LogP) is 4.60. The molecule has 35 heavy (non-hydrogen) atoms. The molecular weight excluding hydrogens is 489 g/mol. The maximum atomic E-state index is 13.5. The number of benzene rings is 2. The summed E-state index contributed by atoms with van der Waals surface area (Å²) in [5.74, 6) is -1.60. The lowest BCUT2D eigenvalue weighted by Crippen LogP contribution is -2.37. The van der Waals surface area contributed by atoms with Crippen LogP contribution in [0.5, 0.6) is 0 Å². The van der Waals surface area contributed by atoms with E-state index in [4.69, 9.17) is 17.0 Å². The molecule has 2 aromatic carbocycles. The van der Waals surface area contributed by atoms with Crippen LogP contribution in [0.15, 0.2) is 66.0 Å². The van der Waals surface area contributed by atoms with Crippen LogP contribution in [0, 0.1) is 5.82 Å². The zero-order valence-electron chi connectivity index (χ0n) is 18.8.